The molecule has 0 aromatic carbocycles. The lowest BCUT2D eigenvalue weighted by Crippen LogP contribution is -2.22. The minimum atomic E-state index is -4.54. The van der Waals surface area contributed by atoms with Gasteiger partial charge < -0.3 is 5.73 Å². The molecule has 0 fully saturated rings. The molecular formula is C6H4BF3N2. The minimum absolute atomic E-state index is 0.198. The van der Waals surface area contributed by atoms with Crippen molar-refractivity contribution in [3.8, 4) is 0 Å². The Morgan fingerprint density at radius 3 is 2.33 bits per heavy atom. The van der Waals surface area contributed by atoms with Crippen LogP contribution in [0.2, 0.25) is 0 Å². The molecule has 0 aliphatic rings. The van der Waals surface area contributed by atoms with Gasteiger partial charge >= 0.3 is 6.18 Å². The fraction of sp³-hybridized carbons (Fsp3) is 0.167. The van der Waals surface area contributed by atoms with Crippen molar-refractivity contribution in [2.75, 3.05) is 5.73 Å². The lowest BCUT2D eigenvalue weighted by atomic mass is 9.94. The zero-order chi connectivity index (χ0) is 9.35. The molecular weight excluding hydrogens is 168 g/mol. The molecule has 1 aromatic rings. The van der Waals surface area contributed by atoms with Gasteiger partial charge in [-0.1, -0.05) is 11.5 Å². The highest BCUT2D eigenvalue weighted by atomic mass is 19.4. The number of hydrogen-bond donors (Lipinski definition) is 1. The number of nitrogen functional groups attached to an aromatic ring is 1. The summed E-state index contributed by atoms with van der Waals surface area (Å²) in [6, 6.07) is 2.29. The highest BCUT2D eigenvalue weighted by Gasteiger charge is 2.33. The maximum atomic E-state index is 12.0. The Kier molecular flexibility index (Phi) is 2.00. The number of nitrogens with two attached hydrogens (primary N) is 1. The fourth-order valence-electron chi connectivity index (χ4n) is 0.712. The second-order valence-corrected chi connectivity index (χ2v) is 2.17. The first-order valence-electron chi connectivity index (χ1n) is 3.00. The minimum Gasteiger partial charge on any atom is -0.384 e. The second-order valence-electron chi connectivity index (χ2n) is 2.17. The maximum Gasteiger partial charge on any atom is 0.432 e. The first-order chi connectivity index (χ1) is 5.41. The normalized spacial score (nSPS) is 11.6. The molecule has 0 bridgehead atoms. The van der Waals surface area contributed by atoms with Crippen LogP contribution in [0, 0.1) is 0 Å². The van der Waals surface area contributed by atoms with E-state index in [1.54, 1.807) is 0 Å². The Morgan fingerprint density at radius 2 is 1.92 bits per heavy atom. The van der Waals surface area contributed by atoms with Gasteiger partial charge in [-0.2, -0.15) is 13.2 Å². The molecule has 0 spiro atoms. The smallest absolute Gasteiger partial charge is 0.384 e. The molecule has 0 amide bonds. The molecule has 0 atom stereocenters. The largest absolute Gasteiger partial charge is 0.432 e. The average Bonchev–Trinajstić information content (AvgIpc) is 1.92. The topological polar surface area (TPSA) is 38.9 Å². The van der Waals surface area contributed by atoms with E-state index in [0.717, 1.165) is 6.07 Å². The van der Waals surface area contributed by atoms with Gasteiger partial charge in [0, 0.05) is 0 Å². The van der Waals surface area contributed by atoms with E-state index in [1.165, 1.54) is 6.07 Å². The van der Waals surface area contributed by atoms with Crippen molar-refractivity contribution < 1.29 is 13.2 Å². The van der Waals surface area contributed by atoms with Gasteiger partial charge in [0.2, 0.25) is 0 Å². The monoisotopic (exact) mass is 172 g/mol. The lowest BCUT2D eigenvalue weighted by Gasteiger charge is -2.08. The van der Waals surface area contributed by atoms with Crippen LogP contribution in [-0.2, 0) is 6.18 Å². The third kappa shape index (κ3) is 1.69. The van der Waals surface area contributed by atoms with E-state index in [1.807, 2.05) is 0 Å². The van der Waals surface area contributed by atoms with E-state index in [2.05, 4.69) is 4.98 Å². The summed E-state index contributed by atoms with van der Waals surface area (Å²) in [5.41, 5.74) is 3.50. The number of aromatic nitrogens is 1. The van der Waals surface area contributed by atoms with Gasteiger partial charge in [0.15, 0.2) is 0 Å². The average molecular weight is 172 g/mol. The Hall–Kier alpha value is -1.20. The fourth-order valence-corrected chi connectivity index (χ4v) is 0.712. The first-order valence-corrected chi connectivity index (χ1v) is 3.00. The number of nitrogens with zero attached hydrogens (tertiary/aromatic N) is 1. The summed E-state index contributed by atoms with van der Waals surface area (Å²) in [6.45, 7) is 0. The van der Waals surface area contributed by atoms with Gasteiger partial charge in [0.1, 0.15) is 19.4 Å². The van der Waals surface area contributed by atoms with Gasteiger partial charge in [-0.25, -0.2) is 4.98 Å². The lowest BCUT2D eigenvalue weighted by molar-refractivity contribution is -0.140. The number of pyridine rings is 1. The molecule has 2 radical (unpaired) electrons. The standard InChI is InChI=1S/C6H4BF3N2/c7-3-1-2-4(11)12-5(3)6(8,9)10/h1-2H,(H2,11,12). The molecule has 1 aromatic heterocycles. The van der Waals surface area contributed by atoms with Gasteiger partial charge in [0.05, 0.1) is 0 Å². The van der Waals surface area contributed by atoms with Crippen LogP contribution >= 0.6 is 0 Å². The van der Waals surface area contributed by atoms with Crippen LogP contribution < -0.4 is 11.2 Å². The Morgan fingerprint density at radius 1 is 1.33 bits per heavy atom. The molecule has 62 valence electrons. The van der Waals surface area contributed by atoms with E-state index < -0.39 is 17.3 Å². The third-order valence-corrected chi connectivity index (χ3v) is 1.22. The molecule has 12 heavy (non-hydrogen) atoms. The summed E-state index contributed by atoms with van der Waals surface area (Å²) in [6.07, 6.45) is -4.54. The first kappa shape index (κ1) is 8.90. The van der Waals surface area contributed by atoms with Crippen LogP contribution in [0.4, 0.5) is 19.0 Å². The zero-order valence-corrected chi connectivity index (χ0v) is 5.89. The molecule has 1 heterocycles. The zero-order valence-electron chi connectivity index (χ0n) is 5.89. The summed E-state index contributed by atoms with van der Waals surface area (Å²) in [4.78, 5) is 3.07. The molecule has 0 aliphatic carbocycles. The summed E-state index contributed by atoms with van der Waals surface area (Å²) < 4.78 is 36.1. The third-order valence-electron chi connectivity index (χ3n) is 1.22. The quantitative estimate of drug-likeness (QED) is 0.577. The van der Waals surface area contributed by atoms with Crippen molar-refractivity contribution in [1.29, 1.82) is 0 Å². The van der Waals surface area contributed by atoms with E-state index in [9.17, 15) is 13.2 Å². The van der Waals surface area contributed by atoms with Crippen molar-refractivity contribution in [2.45, 2.75) is 6.18 Å². The highest BCUT2D eigenvalue weighted by molar-refractivity contribution is 6.33. The summed E-state index contributed by atoms with van der Waals surface area (Å²) in [7, 11) is 5.04. The molecule has 0 saturated carbocycles. The maximum absolute atomic E-state index is 12.0. The van der Waals surface area contributed by atoms with E-state index in [-0.39, 0.29) is 5.82 Å². The predicted molar refractivity (Wildman–Crippen MR) is 39.0 cm³/mol. The molecule has 0 saturated heterocycles. The Labute approximate surface area is 68.0 Å². The Bertz CT molecular complexity index is 297. The van der Waals surface area contributed by atoms with Crippen molar-refractivity contribution in [3.05, 3.63) is 17.8 Å². The highest BCUT2D eigenvalue weighted by Crippen LogP contribution is 2.26. The van der Waals surface area contributed by atoms with Crippen LogP contribution in [0.1, 0.15) is 5.69 Å². The molecule has 1 rings (SSSR count). The molecule has 0 aliphatic heterocycles. The molecule has 2 nitrogen and oxygen atoms in total. The van der Waals surface area contributed by atoms with Crippen LogP contribution in [-0.4, -0.2) is 12.8 Å². The summed E-state index contributed by atoms with van der Waals surface area (Å²) in [5.74, 6) is -0.198. The summed E-state index contributed by atoms with van der Waals surface area (Å²) in [5, 5.41) is 0. The van der Waals surface area contributed by atoms with E-state index >= 15 is 0 Å². The van der Waals surface area contributed by atoms with Crippen molar-refractivity contribution >= 4 is 19.1 Å². The van der Waals surface area contributed by atoms with Crippen molar-refractivity contribution in [1.82, 2.24) is 4.98 Å². The Balaban J connectivity index is 3.23. The van der Waals surface area contributed by atoms with Crippen molar-refractivity contribution in [2.24, 2.45) is 0 Å². The number of hydrogen-bond acceptors (Lipinski definition) is 2. The van der Waals surface area contributed by atoms with Gasteiger partial charge in [0.25, 0.3) is 0 Å². The van der Waals surface area contributed by atoms with Crippen LogP contribution in [0.3, 0.4) is 0 Å². The van der Waals surface area contributed by atoms with E-state index in [4.69, 9.17) is 13.6 Å². The van der Waals surface area contributed by atoms with Gasteiger partial charge in [-0.05, 0) is 6.07 Å². The van der Waals surface area contributed by atoms with Gasteiger partial charge in [-0.15, -0.1) is 0 Å². The SMILES string of the molecule is [B]c1ccc(N)nc1C(F)(F)F. The van der Waals surface area contributed by atoms with Crippen molar-refractivity contribution in [3.63, 3.8) is 0 Å². The molecule has 2 N–H and O–H groups in total. The van der Waals surface area contributed by atoms with Gasteiger partial charge in [-0.3, -0.25) is 0 Å². The second kappa shape index (κ2) is 2.69. The predicted octanol–water partition coefficient (Wildman–Crippen LogP) is 0.476. The summed E-state index contributed by atoms with van der Waals surface area (Å²) >= 11 is 0. The van der Waals surface area contributed by atoms with E-state index in [0.29, 0.717) is 0 Å². The number of rotatable bonds is 0. The number of anilines is 1. The van der Waals surface area contributed by atoms with Crippen LogP contribution in [0.5, 0.6) is 0 Å². The molecule has 0 unspecified atom stereocenters. The van der Waals surface area contributed by atoms with Crippen LogP contribution in [0.25, 0.3) is 0 Å². The van der Waals surface area contributed by atoms with Crippen LogP contribution in [0.15, 0.2) is 12.1 Å². The molecule has 6 heteroatoms. The number of alkyl halides is 3. The number of halogens is 3.